The standard InChI is InChI=1S/C12H17N5/c1-4-5-10-11(13)14-7-15-12(10)17-9(3)6-8(2)16-17/h6-7H,4-5H2,1-3H3,(H2,13,14,15). The van der Waals surface area contributed by atoms with E-state index in [4.69, 9.17) is 5.73 Å². The molecule has 2 aromatic rings. The molecule has 0 atom stereocenters. The number of nitrogen functional groups attached to an aromatic ring is 1. The van der Waals surface area contributed by atoms with Crippen molar-refractivity contribution in [2.45, 2.75) is 33.6 Å². The Bertz CT molecular complexity index is 530. The lowest BCUT2D eigenvalue weighted by molar-refractivity contribution is 0.774. The Morgan fingerprint density at radius 3 is 2.65 bits per heavy atom. The molecular formula is C12H17N5. The van der Waals surface area contributed by atoms with Crippen molar-refractivity contribution < 1.29 is 0 Å². The van der Waals surface area contributed by atoms with Crippen LogP contribution in [-0.4, -0.2) is 19.7 Å². The van der Waals surface area contributed by atoms with Gasteiger partial charge in [-0.1, -0.05) is 13.3 Å². The van der Waals surface area contributed by atoms with E-state index in [1.165, 1.54) is 6.33 Å². The highest BCUT2D eigenvalue weighted by molar-refractivity contribution is 5.48. The molecule has 17 heavy (non-hydrogen) atoms. The minimum atomic E-state index is 0.546. The zero-order valence-electron chi connectivity index (χ0n) is 10.4. The number of hydrogen-bond acceptors (Lipinski definition) is 4. The zero-order valence-corrected chi connectivity index (χ0v) is 10.4. The van der Waals surface area contributed by atoms with Gasteiger partial charge in [0.2, 0.25) is 0 Å². The summed E-state index contributed by atoms with van der Waals surface area (Å²) < 4.78 is 1.83. The second-order valence-corrected chi connectivity index (χ2v) is 4.15. The van der Waals surface area contributed by atoms with E-state index in [0.717, 1.165) is 35.6 Å². The molecular weight excluding hydrogens is 214 g/mol. The minimum Gasteiger partial charge on any atom is -0.383 e. The Hall–Kier alpha value is -1.91. The lowest BCUT2D eigenvalue weighted by atomic mass is 10.1. The lowest BCUT2D eigenvalue weighted by Crippen LogP contribution is -2.10. The van der Waals surface area contributed by atoms with E-state index in [0.29, 0.717) is 5.82 Å². The monoisotopic (exact) mass is 231 g/mol. The molecule has 5 nitrogen and oxygen atoms in total. The largest absolute Gasteiger partial charge is 0.383 e. The van der Waals surface area contributed by atoms with Crippen LogP contribution in [0, 0.1) is 13.8 Å². The molecule has 0 bridgehead atoms. The van der Waals surface area contributed by atoms with Gasteiger partial charge in [-0.05, 0) is 26.3 Å². The van der Waals surface area contributed by atoms with Crippen LogP contribution in [0.25, 0.3) is 5.82 Å². The smallest absolute Gasteiger partial charge is 0.162 e. The topological polar surface area (TPSA) is 69.6 Å². The van der Waals surface area contributed by atoms with Crippen molar-refractivity contribution in [2.75, 3.05) is 5.73 Å². The summed E-state index contributed by atoms with van der Waals surface area (Å²) in [6.07, 6.45) is 3.35. The van der Waals surface area contributed by atoms with E-state index in [9.17, 15) is 0 Å². The molecule has 2 heterocycles. The van der Waals surface area contributed by atoms with Crippen molar-refractivity contribution in [3.05, 3.63) is 29.3 Å². The first kappa shape index (κ1) is 11.6. The van der Waals surface area contributed by atoms with E-state index >= 15 is 0 Å². The molecule has 90 valence electrons. The molecule has 0 unspecified atom stereocenters. The van der Waals surface area contributed by atoms with Crippen molar-refractivity contribution in [2.24, 2.45) is 0 Å². The Morgan fingerprint density at radius 1 is 1.29 bits per heavy atom. The summed E-state index contributed by atoms with van der Waals surface area (Å²) in [5.41, 5.74) is 8.91. The molecule has 0 aliphatic carbocycles. The van der Waals surface area contributed by atoms with Gasteiger partial charge in [0.15, 0.2) is 5.82 Å². The van der Waals surface area contributed by atoms with Crippen LogP contribution in [0.2, 0.25) is 0 Å². The Morgan fingerprint density at radius 2 is 2.06 bits per heavy atom. The van der Waals surface area contributed by atoms with Crippen LogP contribution >= 0.6 is 0 Å². The molecule has 0 spiro atoms. The highest BCUT2D eigenvalue weighted by Crippen LogP contribution is 2.19. The van der Waals surface area contributed by atoms with Gasteiger partial charge in [0.1, 0.15) is 12.1 Å². The number of hydrogen-bond donors (Lipinski definition) is 1. The van der Waals surface area contributed by atoms with E-state index in [1.54, 1.807) is 0 Å². The number of anilines is 1. The molecule has 0 aromatic carbocycles. The van der Waals surface area contributed by atoms with Crippen molar-refractivity contribution in [1.29, 1.82) is 0 Å². The molecule has 0 radical (unpaired) electrons. The maximum absolute atomic E-state index is 5.91. The highest BCUT2D eigenvalue weighted by Gasteiger charge is 2.13. The Kier molecular flexibility index (Phi) is 3.08. The number of aryl methyl sites for hydroxylation is 2. The van der Waals surface area contributed by atoms with Crippen LogP contribution in [0.5, 0.6) is 0 Å². The van der Waals surface area contributed by atoms with Crippen LogP contribution in [-0.2, 0) is 6.42 Å². The van der Waals surface area contributed by atoms with Crippen LogP contribution < -0.4 is 5.73 Å². The number of rotatable bonds is 3. The summed E-state index contributed by atoms with van der Waals surface area (Å²) in [6.45, 7) is 6.08. The zero-order chi connectivity index (χ0) is 12.4. The first-order chi connectivity index (χ1) is 8.13. The SMILES string of the molecule is CCCc1c(N)ncnc1-n1nc(C)cc1C. The van der Waals surface area contributed by atoms with E-state index < -0.39 is 0 Å². The molecule has 2 N–H and O–H groups in total. The van der Waals surface area contributed by atoms with Crippen molar-refractivity contribution in [1.82, 2.24) is 19.7 Å². The summed E-state index contributed by atoms with van der Waals surface area (Å²) in [5, 5.41) is 4.44. The minimum absolute atomic E-state index is 0.546. The fraction of sp³-hybridized carbons (Fsp3) is 0.417. The predicted molar refractivity (Wildman–Crippen MR) is 67.0 cm³/mol. The highest BCUT2D eigenvalue weighted by atomic mass is 15.3. The third kappa shape index (κ3) is 2.13. The summed E-state index contributed by atoms with van der Waals surface area (Å²) in [6, 6.07) is 2.02. The number of nitrogens with two attached hydrogens (primary N) is 1. The van der Waals surface area contributed by atoms with E-state index in [1.807, 2.05) is 24.6 Å². The molecule has 0 amide bonds. The molecule has 0 fully saturated rings. The third-order valence-corrected chi connectivity index (χ3v) is 2.67. The second kappa shape index (κ2) is 4.53. The summed E-state index contributed by atoms with van der Waals surface area (Å²) in [5.74, 6) is 1.34. The molecule has 0 saturated heterocycles. The molecule has 0 saturated carbocycles. The van der Waals surface area contributed by atoms with Crippen molar-refractivity contribution >= 4 is 5.82 Å². The van der Waals surface area contributed by atoms with Gasteiger partial charge in [0.05, 0.1) is 5.69 Å². The van der Waals surface area contributed by atoms with E-state index in [2.05, 4.69) is 22.0 Å². The van der Waals surface area contributed by atoms with Gasteiger partial charge in [0.25, 0.3) is 0 Å². The van der Waals surface area contributed by atoms with Gasteiger partial charge in [-0.25, -0.2) is 14.6 Å². The van der Waals surface area contributed by atoms with Crippen LogP contribution in [0.3, 0.4) is 0 Å². The van der Waals surface area contributed by atoms with Crippen molar-refractivity contribution in [3.63, 3.8) is 0 Å². The third-order valence-electron chi connectivity index (χ3n) is 2.67. The van der Waals surface area contributed by atoms with Gasteiger partial charge >= 0.3 is 0 Å². The molecule has 0 aliphatic heterocycles. The molecule has 0 aliphatic rings. The fourth-order valence-corrected chi connectivity index (χ4v) is 1.93. The van der Waals surface area contributed by atoms with Crippen LogP contribution in [0.1, 0.15) is 30.3 Å². The molecule has 5 heteroatoms. The molecule has 2 aromatic heterocycles. The summed E-state index contributed by atoms with van der Waals surface area (Å²) in [4.78, 5) is 8.36. The fourth-order valence-electron chi connectivity index (χ4n) is 1.93. The maximum Gasteiger partial charge on any atom is 0.162 e. The van der Waals surface area contributed by atoms with Crippen molar-refractivity contribution in [3.8, 4) is 5.82 Å². The first-order valence-electron chi connectivity index (χ1n) is 5.76. The normalized spacial score (nSPS) is 10.8. The van der Waals surface area contributed by atoms with E-state index in [-0.39, 0.29) is 0 Å². The number of nitrogens with zero attached hydrogens (tertiary/aromatic N) is 4. The Labute approximate surface area is 101 Å². The van der Waals surface area contributed by atoms with Gasteiger partial charge in [-0.3, -0.25) is 0 Å². The second-order valence-electron chi connectivity index (χ2n) is 4.15. The average Bonchev–Trinajstić information content (AvgIpc) is 2.61. The van der Waals surface area contributed by atoms with Gasteiger partial charge in [-0.15, -0.1) is 0 Å². The van der Waals surface area contributed by atoms with Crippen LogP contribution in [0.15, 0.2) is 12.4 Å². The summed E-state index contributed by atoms with van der Waals surface area (Å²) >= 11 is 0. The van der Waals surface area contributed by atoms with Crippen LogP contribution in [0.4, 0.5) is 5.82 Å². The first-order valence-corrected chi connectivity index (χ1v) is 5.76. The summed E-state index contributed by atoms with van der Waals surface area (Å²) in [7, 11) is 0. The van der Waals surface area contributed by atoms with Gasteiger partial charge in [0, 0.05) is 11.3 Å². The number of aromatic nitrogens is 4. The lowest BCUT2D eigenvalue weighted by Gasteiger charge is -2.10. The van der Waals surface area contributed by atoms with Gasteiger partial charge < -0.3 is 5.73 Å². The van der Waals surface area contributed by atoms with Gasteiger partial charge in [-0.2, -0.15) is 5.10 Å². The quantitative estimate of drug-likeness (QED) is 0.874. The Balaban J connectivity index is 2.58. The predicted octanol–water partition coefficient (Wildman–Crippen LogP) is 1.81. The molecule has 2 rings (SSSR count). The maximum atomic E-state index is 5.91. The average molecular weight is 231 g/mol.